The molecule has 5 nitrogen and oxygen atoms in total. The molecule has 0 aliphatic carbocycles. The van der Waals surface area contributed by atoms with Gasteiger partial charge >= 0.3 is 12.1 Å². The van der Waals surface area contributed by atoms with Crippen molar-refractivity contribution in [3.8, 4) is 0 Å². The molecule has 1 atom stereocenters. The summed E-state index contributed by atoms with van der Waals surface area (Å²) in [7, 11) is 2.12. The maximum Gasteiger partial charge on any atom is 0.432 e. The van der Waals surface area contributed by atoms with Crippen molar-refractivity contribution in [1.82, 2.24) is 0 Å². The van der Waals surface area contributed by atoms with E-state index in [1.165, 1.54) is 25.2 Å². The summed E-state index contributed by atoms with van der Waals surface area (Å²) in [6.07, 6.45) is -5.31. The zero-order valence-electron chi connectivity index (χ0n) is 14.6. The molecule has 0 aromatic heterocycles. The molecule has 1 unspecified atom stereocenters. The number of carbonyl (C=O) groups excluding carboxylic acids is 2. The largest absolute Gasteiger partial charge is 0.466 e. The zero-order chi connectivity index (χ0) is 21.3. The monoisotopic (exact) mass is 435 g/mol. The van der Waals surface area contributed by atoms with Crippen LogP contribution in [0.4, 0.5) is 18.9 Å². The molecule has 0 fully saturated rings. The summed E-state index contributed by atoms with van der Waals surface area (Å²) in [5, 5.41) is 10.4. The van der Waals surface area contributed by atoms with Crippen LogP contribution in [0.1, 0.15) is 15.9 Å². The van der Waals surface area contributed by atoms with Gasteiger partial charge in [0, 0.05) is 23.3 Å². The quantitative estimate of drug-likeness (QED) is 0.731. The molecule has 0 aliphatic rings. The van der Waals surface area contributed by atoms with Crippen LogP contribution in [0.15, 0.2) is 42.5 Å². The molecular formula is C18H14Cl2F3NO4. The molecule has 2 aromatic carbocycles. The summed E-state index contributed by atoms with van der Waals surface area (Å²) >= 11 is 11.8. The fourth-order valence-corrected chi connectivity index (χ4v) is 2.92. The van der Waals surface area contributed by atoms with Crippen LogP contribution < -0.4 is 4.90 Å². The number of ether oxygens (including phenoxy) is 1. The normalized spacial score (nSPS) is 13.6. The molecule has 0 aliphatic heterocycles. The summed E-state index contributed by atoms with van der Waals surface area (Å²) in [6.45, 7) is 0. The Kier molecular flexibility index (Phi) is 6.27. The van der Waals surface area contributed by atoms with Gasteiger partial charge in [-0.05, 0) is 30.3 Å². The Morgan fingerprint density at radius 2 is 1.64 bits per heavy atom. The number of hydrogen-bond donors (Lipinski definition) is 1. The number of rotatable bonds is 4. The van der Waals surface area contributed by atoms with E-state index < -0.39 is 29.2 Å². The van der Waals surface area contributed by atoms with Gasteiger partial charge in [0.15, 0.2) is 0 Å². The molecule has 0 saturated heterocycles. The topological polar surface area (TPSA) is 66.8 Å². The first-order chi connectivity index (χ1) is 12.9. The van der Waals surface area contributed by atoms with Crippen molar-refractivity contribution < 1.29 is 32.6 Å². The van der Waals surface area contributed by atoms with Gasteiger partial charge in [-0.1, -0.05) is 35.3 Å². The highest BCUT2D eigenvalue weighted by molar-refractivity contribution is 6.37. The number of halogens is 5. The van der Waals surface area contributed by atoms with Crippen LogP contribution in [0.3, 0.4) is 0 Å². The van der Waals surface area contributed by atoms with E-state index in [1.54, 1.807) is 0 Å². The Morgan fingerprint density at radius 1 is 1.07 bits per heavy atom. The van der Waals surface area contributed by atoms with E-state index in [9.17, 15) is 27.9 Å². The predicted octanol–water partition coefficient (Wildman–Crippen LogP) is 4.19. The third-order valence-corrected chi connectivity index (χ3v) is 4.58. The van der Waals surface area contributed by atoms with Gasteiger partial charge < -0.3 is 14.7 Å². The lowest BCUT2D eigenvalue weighted by atomic mass is 9.93. The van der Waals surface area contributed by atoms with Crippen molar-refractivity contribution in [1.29, 1.82) is 0 Å². The maximum atomic E-state index is 13.3. The van der Waals surface area contributed by atoms with Crippen molar-refractivity contribution in [3.05, 3.63) is 63.6 Å². The lowest BCUT2D eigenvalue weighted by Gasteiger charge is -2.28. The van der Waals surface area contributed by atoms with Crippen molar-refractivity contribution in [2.75, 3.05) is 19.1 Å². The Hall–Kier alpha value is -2.29. The van der Waals surface area contributed by atoms with Crippen LogP contribution in [-0.4, -0.2) is 37.3 Å². The van der Waals surface area contributed by atoms with Crippen LogP contribution in [-0.2, 0) is 15.1 Å². The Labute approximate surface area is 168 Å². The van der Waals surface area contributed by atoms with Crippen LogP contribution in [0.5, 0.6) is 0 Å². The summed E-state index contributed by atoms with van der Waals surface area (Å²) in [5.74, 6) is -2.40. The van der Waals surface area contributed by atoms with Crippen LogP contribution in [0.25, 0.3) is 0 Å². The Morgan fingerprint density at radius 3 is 2.11 bits per heavy atom. The molecule has 0 spiro atoms. The van der Waals surface area contributed by atoms with Gasteiger partial charge in [-0.15, -0.1) is 0 Å². The predicted molar refractivity (Wildman–Crippen MR) is 97.6 cm³/mol. The number of alkyl halides is 3. The van der Waals surface area contributed by atoms with Crippen molar-refractivity contribution in [2.45, 2.75) is 11.8 Å². The Bertz CT molecular complexity index is 903. The molecule has 0 radical (unpaired) electrons. The molecular weight excluding hydrogens is 422 g/mol. The molecule has 150 valence electrons. The molecule has 0 saturated carbocycles. The van der Waals surface area contributed by atoms with E-state index in [2.05, 4.69) is 4.74 Å². The first-order valence-corrected chi connectivity index (χ1v) is 8.40. The molecule has 1 N–H and O–H groups in total. The van der Waals surface area contributed by atoms with Gasteiger partial charge in [-0.2, -0.15) is 13.2 Å². The number of benzene rings is 2. The summed E-state index contributed by atoms with van der Waals surface area (Å²) in [4.78, 5) is 25.3. The van der Waals surface area contributed by atoms with E-state index in [4.69, 9.17) is 23.2 Å². The van der Waals surface area contributed by atoms with E-state index in [0.717, 1.165) is 36.3 Å². The highest BCUT2D eigenvalue weighted by atomic mass is 35.5. The third-order valence-electron chi connectivity index (χ3n) is 4.03. The number of aliphatic hydroxyl groups is 1. The van der Waals surface area contributed by atoms with Gasteiger partial charge in [0.05, 0.1) is 17.7 Å². The second-order valence-electron chi connectivity index (χ2n) is 5.73. The average molecular weight is 436 g/mol. The molecule has 2 rings (SSSR count). The van der Waals surface area contributed by atoms with Crippen molar-refractivity contribution >= 4 is 40.8 Å². The van der Waals surface area contributed by atoms with Crippen LogP contribution in [0.2, 0.25) is 10.0 Å². The van der Waals surface area contributed by atoms with Crippen LogP contribution in [0, 0.1) is 0 Å². The number of carbonyl (C=O) groups is 2. The minimum Gasteiger partial charge on any atom is -0.466 e. The van der Waals surface area contributed by atoms with E-state index in [0.29, 0.717) is 5.02 Å². The summed E-state index contributed by atoms with van der Waals surface area (Å²) in [5.41, 5.74) is -4.24. The van der Waals surface area contributed by atoms with Gasteiger partial charge in [-0.3, -0.25) is 4.79 Å². The molecule has 1 amide bonds. The second-order valence-corrected chi connectivity index (χ2v) is 6.58. The second kappa shape index (κ2) is 7.98. The number of nitrogens with zero attached hydrogens (tertiary/aromatic N) is 1. The van der Waals surface area contributed by atoms with E-state index >= 15 is 0 Å². The third kappa shape index (κ3) is 3.94. The number of amides is 1. The van der Waals surface area contributed by atoms with Gasteiger partial charge in [0.1, 0.15) is 0 Å². The first-order valence-electron chi connectivity index (χ1n) is 7.64. The maximum absolute atomic E-state index is 13.3. The SMILES string of the molecule is COC(=O)C(O)(c1ccc(N(C)C(=O)c2ccc(Cl)cc2Cl)cc1)C(F)(F)F. The minimum atomic E-state index is -5.31. The van der Waals surface area contributed by atoms with Gasteiger partial charge in [-0.25, -0.2) is 4.79 Å². The lowest BCUT2D eigenvalue weighted by Crippen LogP contribution is -2.49. The summed E-state index contributed by atoms with van der Waals surface area (Å²) < 4.78 is 43.9. The molecule has 2 aromatic rings. The van der Waals surface area contributed by atoms with Gasteiger partial charge in [0.25, 0.3) is 11.5 Å². The van der Waals surface area contributed by atoms with Crippen molar-refractivity contribution in [3.63, 3.8) is 0 Å². The smallest absolute Gasteiger partial charge is 0.432 e. The lowest BCUT2D eigenvalue weighted by molar-refractivity contribution is -0.266. The van der Waals surface area contributed by atoms with Gasteiger partial charge in [0.2, 0.25) is 0 Å². The fraction of sp³-hybridized carbons (Fsp3) is 0.222. The first kappa shape index (κ1) is 22.0. The highest BCUT2D eigenvalue weighted by Gasteiger charge is 2.62. The number of methoxy groups -OCH3 is 1. The van der Waals surface area contributed by atoms with Crippen LogP contribution >= 0.6 is 23.2 Å². The summed E-state index contributed by atoms with van der Waals surface area (Å²) in [6, 6.07) is 8.33. The molecule has 0 heterocycles. The molecule has 10 heteroatoms. The Balaban J connectivity index is 2.37. The minimum absolute atomic E-state index is 0.109. The standard InChI is InChI=1S/C18H14Cl2F3NO4/c1-24(15(25)13-8-5-11(19)9-14(13)20)12-6-3-10(4-7-12)17(27,16(26)28-2)18(21,22)23/h3-9,27H,1-2H3. The van der Waals surface area contributed by atoms with E-state index in [1.807, 2.05) is 0 Å². The average Bonchev–Trinajstić information content (AvgIpc) is 2.64. The number of hydrogen-bond acceptors (Lipinski definition) is 4. The molecule has 0 bridgehead atoms. The van der Waals surface area contributed by atoms with E-state index in [-0.39, 0.29) is 16.3 Å². The number of anilines is 1. The molecule has 28 heavy (non-hydrogen) atoms. The zero-order valence-corrected chi connectivity index (χ0v) is 16.1. The fourth-order valence-electron chi connectivity index (χ4n) is 2.43. The van der Waals surface area contributed by atoms with Crippen molar-refractivity contribution in [2.24, 2.45) is 0 Å². The number of esters is 1. The highest BCUT2D eigenvalue weighted by Crippen LogP contribution is 2.40.